The number of benzene rings is 2. The van der Waals surface area contributed by atoms with Gasteiger partial charge in [0.15, 0.2) is 0 Å². The summed E-state index contributed by atoms with van der Waals surface area (Å²) in [7, 11) is 1.30. The van der Waals surface area contributed by atoms with Crippen molar-refractivity contribution in [2.45, 2.75) is 122 Å². The van der Waals surface area contributed by atoms with Gasteiger partial charge in [0.2, 0.25) is 17.8 Å². The molecule has 0 aliphatic carbocycles. The molecule has 5 N–H and O–H groups in total. The van der Waals surface area contributed by atoms with Gasteiger partial charge in [-0.3, -0.25) is 9.59 Å². The first kappa shape index (κ1) is 44.7. The number of alkyl carbamates (subject to hydrolysis) is 1. The van der Waals surface area contributed by atoms with Crippen molar-refractivity contribution in [2.75, 3.05) is 43.1 Å². The number of likely N-dealkylation sites (tertiary alicyclic amines) is 2. The molecule has 18 nitrogen and oxygen atoms in total. The van der Waals surface area contributed by atoms with E-state index in [0.717, 1.165) is 115 Å². The summed E-state index contributed by atoms with van der Waals surface area (Å²) in [4.78, 5) is 86.7. The molecule has 0 saturated carbocycles. The molecule has 4 fully saturated rings. The molecule has 4 aliphatic rings. The molecule has 350 valence electrons. The zero-order valence-corrected chi connectivity index (χ0v) is 38.5. The lowest BCUT2D eigenvalue weighted by atomic mass is 10.0. The zero-order valence-electron chi connectivity index (χ0n) is 38.5. The second-order valence-electron chi connectivity index (χ2n) is 19.0. The van der Waals surface area contributed by atoms with Gasteiger partial charge in [-0.25, -0.2) is 29.5 Å². The van der Waals surface area contributed by atoms with Gasteiger partial charge in [-0.05, 0) is 105 Å². The third kappa shape index (κ3) is 8.80. The van der Waals surface area contributed by atoms with Crippen molar-refractivity contribution in [3.63, 3.8) is 0 Å². The summed E-state index contributed by atoms with van der Waals surface area (Å²) in [6.45, 7) is 10.5. The quantitative estimate of drug-likeness (QED) is 0.0833. The Hall–Kier alpha value is -6.46. The van der Waals surface area contributed by atoms with Crippen LogP contribution >= 0.6 is 0 Å². The van der Waals surface area contributed by atoms with Gasteiger partial charge in [-0.1, -0.05) is 39.8 Å². The first-order valence-electron chi connectivity index (χ1n) is 23.7. The van der Waals surface area contributed by atoms with E-state index >= 15 is 0 Å². The molecule has 18 heteroatoms. The fourth-order valence-corrected chi connectivity index (χ4v) is 10.7. The highest BCUT2D eigenvalue weighted by molar-refractivity contribution is 5.87. The first-order valence-corrected chi connectivity index (χ1v) is 23.7. The number of nitrogens with one attached hydrogen (secondary N) is 4. The predicted molar refractivity (Wildman–Crippen MR) is 249 cm³/mol. The summed E-state index contributed by atoms with van der Waals surface area (Å²) in [6.07, 6.45) is 10.4. The van der Waals surface area contributed by atoms with Gasteiger partial charge in [-0.15, -0.1) is 0 Å². The molecule has 5 aromatic rings. The zero-order chi connectivity index (χ0) is 46.2. The number of fused-ring (bicyclic) bond motifs is 2. The van der Waals surface area contributed by atoms with Crippen LogP contribution in [0.2, 0.25) is 0 Å². The van der Waals surface area contributed by atoms with Crippen LogP contribution in [0.3, 0.4) is 0 Å². The molecule has 6 atom stereocenters. The smallest absolute Gasteiger partial charge is 0.407 e. The number of aromatic nitrogens is 6. The van der Waals surface area contributed by atoms with E-state index in [0.29, 0.717) is 18.9 Å². The molecule has 0 bridgehead atoms. The van der Waals surface area contributed by atoms with Gasteiger partial charge in [0.25, 0.3) is 0 Å². The minimum Gasteiger partial charge on any atom is -0.465 e. The number of aromatic amines is 2. The summed E-state index contributed by atoms with van der Waals surface area (Å²) in [5.41, 5.74) is 6.54. The van der Waals surface area contributed by atoms with Gasteiger partial charge in [0.05, 0.1) is 71.4 Å². The van der Waals surface area contributed by atoms with Crippen LogP contribution in [0.15, 0.2) is 48.8 Å². The Kier molecular flexibility index (Phi) is 12.7. The highest BCUT2D eigenvalue weighted by atomic mass is 16.5. The van der Waals surface area contributed by atoms with Crippen molar-refractivity contribution in [3.8, 4) is 0 Å². The Labute approximate surface area is 384 Å². The van der Waals surface area contributed by atoms with Gasteiger partial charge in [-0.2, -0.15) is 0 Å². The van der Waals surface area contributed by atoms with Crippen LogP contribution in [-0.2, 0) is 14.3 Å². The summed E-state index contributed by atoms with van der Waals surface area (Å²) >= 11 is 0. The molecule has 4 aliphatic heterocycles. The molecular weight excluding hydrogens is 841 g/mol. The molecule has 66 heavy (non-hydrogen) atoms. The van der Waals surface area contributed by atoms with Crippen molar-refractivity contribution in [2.24, 2.45) is 11.8 Å². The van der Waals surface area contributed by atoms with Crippen molar-refractivity contribution >= 4 is 57.7 Å². The van der Waals surface area contributed by atoms with Crippen LogP contribution in [0, 0.1) is 11.8 Å². The van der Waals surface area contributed by atoms with Crippen LogP contribution < -0.4 is 20.4 Å². The number of piperidine rings is 1. The summed E-state index contributed by atoms with van der Waals surface area (Å²) in [5, 5.41) is 14.6. The largest absolute Gasteiger partial charge is 0.465 e. The van der Waals surface area contributed by atoms with Crippen molar-refractivity contribution in [1.82, 2.24) is 50.3 Å². The maximum atomic E-state index is 13.9. The van der Waals surface area contributed by atoms with E-state index < -0.39 is 24.3 Å². The number of hydrogen-bond acceptors (Lipinski definition) is 11. The summed E-state index contributed by atoms with van der Waals surface area (Å²) in [5.74, 6) is 1.45. The minimum absolute atomic E-state index is 0.0178. The molecule has 0 radical (unpaired) electrons. The Morgan fingerprint density at radius 3 is 1.64 bits per heavy atom. The first-order chi connectivity index (χ1) is 31.9. The molecule has 4 saturated heterocycles. The highest BCUT2D eigenvalue weighted by Gasteiger charge is 2.41. The number of nitrogens with zero attached hydrogens (tertiary/aromatic N) is 8. The average Bonchev–Trinajstić information content (AvgIpc) is 4.18. The number of carbonyl (C=O) groups excluding carboxylic acids is 3. The maximum absolute atomic E-state index is 13.9. The van der Waals surface area contributed by atoms with Crippen LogP contribution in [0.1, 0.15) is 132 Å². The Morgan fingerprint density at radius 1 is 0.667 bits per heavy atom. The fourth-order valence-electron chi connectivity index (χ4n) is 10.7. The van der Waals surface area contributed by atoms with Crippen LogP contribution in [0.4, 0.5) is 21.2 Å². The highest BCUT2D eigenvalue weighted by Crippen LogP contribution is 2.48. The standard InChI is InChI=1S/C48H62N12O6/c1-27(2)40(55-47(63)64)44(61)58-21-9-11-38(58)42-51-32-15-13-29(23-34(32)53-42)36-17-18-37(60(36)31-25-49-46(50-26-31)57-19-7-6-8-20-57)30-14-16-33-35(24-30)54-43(52-33)39-12-10-22-59(39)45(62)41(28(3)4)56-48(65)66-5/h13-16,23-28,36-41,55H,6-12,17-22H2,1-5H3,(H,51,53)(H,52,54)(H,56,65)(H,63,64)/t36-,37-,38+,39+,40+,41+/m1/s1. The SMILES string of the molecule is COC(=O)N[C@H](C(=O)N1CCC[C@H]1c1nc2ccc([C@H]3CC[C@H](c4ccc5nc([C@@H]6CCCN6C(=O)[C@@H](NC(=O)O)C(C)C)[nH]c5c4)N3c3cnc(N4CCCCC4)nc3)cc2[nH]1)C(C)C. The Bertz CT molecular complexity index is 2570. The molecule has 9 rings (SSSR count). The van der Waals surface area contributed by atoms with E-state index in [9.17, 15) is 24.3 Å². The van der Waals surface area contributed by atoms with Crippen molar-refractivity contribution in [3.05, 3.63) is 71.6 Å². The number of rotatable bonds is 12. The lowest BCUT2D eigenvalue weighted by molar-refractivity contribution is -0.136. The predicted octanol–water partition coefficient (Wildman–Crippen LogP) is 7.30. The van der Waals surface area contributed by atoms with Crippen LogP contribution in [-0.4, -0.2) is 114 Å². The maximum Gasteiger partial charge on any atom is 0.407 e. The van der Waals surface area contributed by atoms with E-state index in [2.05, 4.69) is 60.7 Å². The molecule has 3 aromatic heterocycles. The van der Waals surface area contributed by atoms with E-state index in [-0.39, 0.29) is 47.8 Å². The molecule has 4 amide bonds. The molecule has 0 unspecified atom stereocenters. The third-order valence-electron chi connectivity index (χ3n) is 14.1. The Morgan fingerprint density at radius 2 is 1.17 bits per heavy atom. The minimum atomic E-state index is -1.22. The van der Waals surface area contributed by atoms with Gasteiger partial charge < -0.3 is 50.0 Å². The Balaban J connectivity index is 1.01. The van der Waals surface area contributed by atoms with E-state index in [1.165, 1.54) is 13.5 Å². The third-order valence-corrected chi connectivity index (χ3v) is 14.1. The lowest BCUT2D eigenvalue weighted by Gasteiger charge is -2.33. The number of hydrogen-bond donors (Lipinski definition) is 5. The van der Waals surface area contributed by atoms with E-state index in [1.54, 1.807) is 4.90 Å². The second kappa shape index (κ2) is 18.8. The molecule has 0 spiro atoms. The number of carbonyl (C=O) groups is 4. The monoisotopic (exact) mass is 902 g/mol. The van der Waals surface area contributed by atoms with Crippen LogP contribution in [0.25, 0.3) is 22.1 Å². The second-order valence-corrected chi connectivity index (χ2v) is 19.0. The summed E-state index contributed by atoms with van der Waals surface area (Å²) < 4.78 is 4.83. The fraction of sp³-hybridized carbons (Fsp3) is 0.542. The number of amides is 4. The number of methoxy groups -OCH3 is 1. The van der Waals surface area contributed by atoms with Gasteiger partial charge in [0.1, 0.15) is 23.7 Å². The number of carboxylic acid groups (broad SMARTS) is 1. The van der Waals surface area contributed by atoms with Gasteiger partial charge >= 0.3 is 12.2 Å². The number of ether oxygens (including phenoxy) is 1. The van der Waals surface area contributed by atoms with E-state index in [4.69, 9.17) is 24.7 Å². The molecule has 7 heterocycles. The lowest BCUT2D eigenvalue weighted by Crippen LogP contribution is -2.51. The topological polar surface area (TPSA) is 218 Å². The van der Waals surface area contributed by atoms with E-state index in [1.807, 2.05) is 51.1 Å². The number of anilines is 2. The average molecular weight is 903 g/mol. The van der Waals surface area contributed by atoms with Crippen molar-refractivity contribution in [1.29, 1.82) is 0 Å². The van der Waals surface area contributed by atoms with Gasteiger partial charge in [0, 0.05) is 26.2 Å². The number of imidazole rings is 2. The van der Waals surface area contributed by atoms with Crippen molar-refractivity contribution < 1.29 is 29.0 Å². The molecular formula is C48H62N12O6. The molecule has 2 aromatic carbocycles. The number of H-pyrrole nitrogens is 2. The summed E-state index contributed by atoms with van der Waals surface area (Å²) in [6, 6.07) is 10.6. The van der Waals surface area contributed by atoms with Crippen LogP contribution in [0.5, 0.6) is 0 Å². The normalized spacial score (nSPS) is 22.2.